The summed E-state index contributed by atoms with van der Waals surface area (Å²) in [5.41, 5.74) is 1.72. The highest BCUT2D eigenvalue weighted by Gasteiger charge is 2.19. The number of carbonyl (C=O) groups excluding carboxylic acids is 1. The molecule has 0 N–H and O–H groups in total. The van der Waals surface area contributed by atoms with Crippen molar-refractivity contribution in [3.8, 4) is 5.75 Å². The molecule has 0 amide bonds. The first-order valence-electron chi connectivity index (χ1n) is 6.83. The van der Waals surface area contributed by atoms with Crippen molar-refractivity contribution in [2.24, 2.45) is 0 Å². The van der Waals surface area contributed by atoms with E-state index in [0.717, 1.165) is 16.9 Å². The number of esters is 1. The van der Waals surface area contributed by atoms with Crippen LogP contribution in [0.4, 0.5) is 0 Å². The van der Waals surface area contributed by atoms with Crippen LogP contribution in [0.25, 0.3) is 6.08 Å². The topological polar surface area (TPSA) is 35.5 Å². The monoisotopic (exact) mass is 276 g/mol. The Morgan fingerprint density at radius 1 is 1.40 bits per heavy atom. The standard InChI is InChI=1S/C17H24O3/c1-7-14-8-9-15(10-12(14)2)19-13(3)11-16(18)20-17(4,5)6/h7-10,13H,1,11H2,2-6H3. The van der Waals surface area contributed by atoms with Gasteiger partial charge in [-0.25, -0.2) is 0 Å². The minimum atomic E-state index is -0.459. The van der Waals surface area contributed by atoms with Crippen molar-refractivity contribution in [1.29, 1.82) is 0 Å². The Hall–Kier alpha value is -1.77. The Morgan fingerprint density at radius 2 is 2.05 bits per heavy atom. The molecule has 3 heteroatoms. The summed E-state index contributed by atoms with van der Waals surface area (Å²) in [4.78, 5) is 11.7. The third kappa shape index (κ3) is 5.47. The summed E-state index contributed by atoms with van der Waals surface area (Å²) in [6.07, 6.45) is 1.82. The normalized spacial score (nSPS) is 12.7. The Labute approximate surface area is 121 Å². The maximum atomic E-state index is 11.7. The molecule has 0 heterocycles. The van der Waals surface area contributed by atoms with E-state index in [-0.39, 0.29) is 18.5 Å². The van der Waals surface area contributed by atoms with Crippen LogP contribution in [-0.4, -0.2) is 17.7 Å². The lowest BCUT2D eigenvalue weighted by molar-refractivity contribution is -0.156. The molecule has 1 unspecified atom stereocenters. The molecule has 0 saturated carbocycles. The van der Waals surface area contributed by atoms with Crippen molar-refractivity contribution in [3.63, 3.8) is 0 Å². The lowest BCUT2D eigenvalue weighted by atomic mass is 10.1. The minimum Gasteiger partial charge on any atom is -0.490 e. The third-order valence-electron chi connectivity index (χ3n) is 2.67. The van der Waals surface area contributed by atoms with Crippen molar-refractivity contribution < 1.29 is 14.3 Å². The fourth-order valence-corrected chi connectivity index (χ4v) is 1.84. The second-order valence-corrected chi connectivity index (χ2v) is 5.94. The summed E-state index contributed by atoms with van der Waals surface area (Å²) in [5, 5.41) is 0. The van der Waals surface area contributed by atoms with Gasteiger partial charge in [0.15, 0.2) is 0 Å². The SMILES string of the molecule is C=Cc1ccc(OC(C)CC(=O)OC(C)(C)C)cc1C. The first-order chi connectivity index (χ1) is 9.21. The van der Waals surface area contributed by atoms with Crippen LogP contribution in [0.2, 0.25) is 0 Å². The zero-order valence-electron chi connectivity index (χ0n) is 13.0. The van der Waals surface area contributed by atoms with E-state index in [4.69, 9.17) is 9.47 Å². The zero-order valence-corrected chi connectivity index (χ0v) is 13.0. The van der Waals surface area contributed by atoms with Gasteiger partial charge in [0, 0.05) is 0 Å². The molecule has 0 aliphatic carbocycles. The number of carbonyl (C=O) groups is 1. The average molecular weight is 276 g/mol. The number of aryl methyl sites for hydroxylation is 1. The van der Waals surface area contributed by atoms with E-state index >= 15 is 0 Å². The molecule has 0 spiro atoms. The van der Waals surface area contributed by atoms with Gasteiger partial charge in [0.2, 0.25) is 0 Å². The molecular formula is C17H24O3. The predicted octanol–water partition coefficient (Wildman–Crippen LogP) is 4.14. The number of hydrogen-bond acceptors (Lipinski definition) is 3. The maximum absolute atomic E-state index is 11.7. The average Bonchev–Trinajstić information content (AvgIpc) is 2.25. The van der Waals surface area contributed by atoms with Gasteiger partial charge in [0.25, 0.3) is 0 Å². The van der Waals surface area contributed by atoms with E-state index in [1.807, 2.05) is 58.9 Å². The number of benzene rings is 1. The Bertz CT molecular complexity index is 483. The molecule has 1 atom stereocenters. The second-order valence-electron chi connectivity index (χ2n) is 5.94. The van der Waals surface area contributed by atoms with Gasteiger partial charge in [-0.3, -0.25) is 4.79 Å². The van der Waals surface area contributed by atoms with Crippen LogP contribution in [0.15, 0.2) is 24.8 Å². The van der Waals surface area contributed by atoms with Gasteiger partial charge in [-0.15, -0.1) is 0 Å². The molecule has 0 saturated heterocycles. The van der Waals surface area contributed by atoms with Gasteiger partial charge >= 0.3 is 5.97 Å². The molecule has 0 bridgehead atoms. The first-order valence-corrected chi connectivity index (χ1v) is 6.83. The number of rotatable bonds is 5. The summed E-state index contributed by atoms with van der Waals surface area (Å²) in [6, 6.07) is 5.79. The van der Waals surface area contributed by atoms with Gasteiger partial charge in [0.1, 0.15) is 17.5 Å². The van der Waals surface area contributed by atoms with Crippen LogP contribution in [0.1, 0.15) is 45.2 Å². The van der Waals surface area contributed by atoms with E-state index < -0.39 is 5.60 Å². The van der Waals surface area contributed by atoms with E-state index in [2.05, 4.69) is 6.58 Å². The molecule has 20 heavy (non-hydrogen) atoms. The molecule has 0 fully saturated rings. The molecule has 1 aromatic carbocycles. The Kier molecular flexibility index (Phi) is 5.37. The minimum absolute atomic E-state index is 0.223. The predicted molar refractivity (Wildman–Crippen MR) is 81.8 cm³/mol. The first kappa shape index (κ1) is 16.3. The van der Waals surface area contributed by atoms with Crippen LogP contribution in [0.3, 0.4) is 0 Å². The van der Waals surface area contributed by atoms with Crippen molar-refractivity contribution in [2.75, 3.05) is 0 Å². The summed E-state index contributed by atoms with van der Waals surface area (Å²) < 4.78 is 11.0. The maximum Gasteiger partial charge on any atom is 0.310 e. The lowest BCUT2D eigenvalue weighted by Crippen LogP contribution is -2.27. The van der Waals surface area contributed by atoms with Crippen LogP contribution < -0.4 is 4.74 Å². The Morgan fingerprint density at radius 3 is 2.55 bits per heavy atom. The quantitative estimate of drug-likeness (QED) is 0.758. The lowest BCUT2D eigenvalue weighted by Gasteiger charge is -2.21. The van der Waals surface area contributed by atoms with Crippen LogP contribution in [-0.2, 0) is 9.53 Å². The largest absolute Gasteiger partial charge is 0.490 e. The second kappa shape index (κ2) is 6.60. The molecule has 110 valence electrons. The summed E-state index contributed by atoms with van der Waals surface area (Å²) >= 11 is 0. The summed E-state index contributed by atoms with van der Waals surface area (Å²) in [5.74, 6) is 0.508. The summed E-state index contributed by atoms with van der Waals surface area (Å²) in [6.45, 7) is 13.2. The fourth-order valence-electron chi connectivity index (χ4n) is 1.84. The molecule has 0 aromatic heterocycles. The van der Waals surface area contributed by atoms with Crippen molar-refractivity contribution in [1.82, 2.24) is 0 Å². The van der Waals surface area contributed by atoms with Crippen LogP contribution in [0.5, 0.6) is 5.75 Å². The van der Waals surface area contributed by atoms with Gasteiger partial charge in [-0.2, -0.15) is 0 Å². The summed E-state index contributed by atoms with van der Waals surface area (Å²) in [7, 11) is 0. The van der Waals surface area contributed by atoms with Gasteiger partial charge in [0.05, 0.1) is 6.42 Å². The molecule has 0 aliphatic rings. The highest BCUT2D eigenvalue weighted by atomic mass is 16.6. The van der Waals surface area contributed by atoms with Gasteiger partial charge in [-0.05, 0) is 57.9 Å². The molecule has 0 radical (unpaired) electrons. The molecule has 1 aromatic rings. The van der Waals surface area contributed by atoms with Gasteiger partial charge in [-0.1, -0.05) is 18.7 Å². The van der Waals surface area contributed by atoms with E-state index in [1.165, 1.54) is 0 Å². The van der Waals surface area contributed by atoms with Gasteiger partial charge < -0.3 is 9.47 Å². The fraction of sp³-hybridized carbons (Fsp3) is 0.471. The number of hydrogen-bond donors (Lipinski definition) is 0. The molecule has 3 nitrogen and oxygen atoms in total. The molecule has 1 rings (SSSR count). The third-order valence-corrected chi connectivity index (χ3v) is 2.67. The highest BCUT2D eigenvalue weighted by Crippen LogP contribution is 2.20. The van der Waals surface area contributed by atoms with E-state index in [0.29, 0.717) is 0 Å². The molecular weight excluding hydrogens is 252 g/mol. The number of ether oxygens (including phenoxy) is 2. The molecule has 0 aliphatic heterocycles. The van der Waals surface area contributed by atoms with Crippen molar-refractivity contribution in [3.05, 3.63) is 35.9 Å². The van der Waals surface area contributed by atoms with Crippen molar-refractivity contribution in [2.45, 2.75) is 52.7 Å². The van der Waals surface area contributed by atoms with Crippen molar-refractivity contribution >= 4 is 12.0 Å². The van der Waals surface area contributed by atoms with E-state index in [1.54, 1.807) is 0 Å². The zero-order chi connectivity index (χ0) is 15.3. The smallest absolute Gasteiger partial charge is 0.310 e. The van der Waals surface area contributed by atoms with Crippen LogP contribution in [0, 0.1) is 6.92 Å². The van der Waals surface area contributed by atoms with E-state index in [9.17, 15) is 4.79 Å². The Balaban J connectivity index is 2.58. The van der Waals surface area contributed by atoms with Crippen LogP contribution >= 0.6 is 0 Å². The highest BCUT2D eigenvalue weighted by molar-refractivity contribution is 5.70.